The van der Waals surface area contributed by atoms with Crippen molar-refractivity contribution in [3.63, 3.8) is 0 Å². The van der Waals surface area contributed by atoms with Crippen LogP contribution in [0.3, 0.4) is 0 Å². The number of carbonyl (C=O) groups excluding carboxylic acids is 1. The number of morpholine rings is 1. The summed E-state index contributed by atoms with van der Waals surface area (Å²) in [5.41, 5.74) is 3.01. The smallest absolute Gasteiger partial charge is 0.256 e. The molecule has 5 rings (SSSR count). The lowest BCUT2D eigenvalue weighted by Gasteiger charge is -2.36. The summed E-state index contributed by atoms with van der Waals surface area (Å²) >= 11 is 6.15. The predicted octanol–water partition coefficient (Wildman–Crippen LogP) is 3.55. The third kappa shape index (κ3) is 4.28. The first kappa shape index (κ1) is 20.4. The minimum absolute atomic E-state index is 0.114. The van der Waals surface area contributed by atoms with E-state index in [2.05, 4.69) is 32.6 Å². The molecule has 2 aliphatic rings. The third-order valence-corrected chi connectivity index (χ3v) is 6.45. The van der Waals surface area contributed by atoms with Gasteiger partial charge in [-0.2, -0.15) is 0 Å². The van der Waals surface area contributed by atoms with Crippen LogP contribution in [0, 0.1) is 0 Å². The van der Waals surface area contributed by atoms with E-state index in [4.69, 9.17) is 16.3 Å². The van der Waals surface area contributed by atoms with Crippen molar-refractivity contribution < 1.29 is 9.53 Å². The van der Waals surface area contributed by atoms with Gasteiger partial charge < -0.3 is 19.1 Å². The summed E-state index contributed by atoms with van der Waals surface area (Å²) in [5.74, 6) is 0.114. The predicted molar refractivity (Wildman–Crippen MR) is 124 cm³/mol. The van der Waals surface area contributed by atoms with Gasteiger partial charge in [-0.25, -0.2) is 0 Å². The fourth-order valence-corrected chi connectivity index (χ4v) is 4.69. The molecule has 0 atom stereocenters. The van der Waals surface area contributed by atoms with Crippen molar-refractivity contribution in [2.24, 2.45) is 0 Å². The number of halogens is 1. The molecular formula is C24H27ClN4O2. The highest BCUT2D eigenvalue weighted by atomic mass is 35.5. The molecule has 0 aliphatic carbocycles. The second kappa shape index (κ2) is 8.91. The zero-order valence-corrected chi connectivity index (χ0v) is 18.3. The molecule has 1 amide bonds. The molecule has 3 aromatic rings. The standard InChI is InChI=1S/C24H27ClN4O2/c25-19-4-3-5-20(16-19)27-8-10-28(11-9-27)24(30)22-17-29(18-26-12-14-31-15-13-26)23-7-2-1-6-21(22)23/h1-7,16-17H,8-15,18H2. The molecule has 2 saturated heterocycles. The average Bonchev–Trinajstić information content (AvgIpc) is 3.18. The number of carbonyl (C=O) groups is 1. The van der Waals surface area contributed by atoms with Gasteiger partial charge in [0.1, 0.15) is 0 Å². The van der Waals surface area contributed by atoms with Gasteiger partial charge in [-0.15, -0.1) is 0 Å². The summed E-state index contributed by atoms with van der Waals surface area (Å²) in [4.78, 5) is 20.1. The maximum absolute atomic E-state index is 13.5. The van der Waals surface area contributed by atoms with Crippen LogP contribution in [0.1, 0.15) is 10.4 Å². The number of hydrogen-bond acceptors (Lipinski definition) is 4. The van der Waals surface area contributed by atoms with Crippen LogP contribution >= 0.6 is 11.6 Å². The Bertz CT molecular complexity index is 1070. The van der Waals surface area contributed by atoms with Gasteiger partial charge >= 0.3 is 0 Å². The molecule has 2 fully saturated rings. The van der Waals surface area contributed by atoms with E-state index >= 15 is 0 Å². The quantitative estimate of drug-likeness (QED) is 0.624. The molecule has 31 heavy (non-hydrogen) atoms. The van der Waals surface area contributed by atoms with Crippen LogP contribution in [0.2, 0.25) is 5.02 Å². The Balaban J connectivity index is 1.33. The van der Waals surface area contributed by atoms with E-state index in [1.807, 2.05) is 41.4 Å². The zero-order valence-electron chi connectivity index (χ0n) is 17.5. The number of benzene rings is 2. The molecule has 0 spiro atoms. The van der Waals surface area contributed by atoms with E-state index in [1.54, 1.807) is 0 Å². The van der Waals surface area contributed by atoms with E-state index in [0.29, 0.717) is 13.1 Å². The van der Waals surface area contributed by atoms with Gasteiger partial charge in [-0.1, -0.05) is 35.9 Å². The highest BCUT2D eigenvalue weighted by Gasteiger charge is 2.25. The van der Waals surface area contributed by atoms with Crippen LogP contribution in [-0.4, -0.2) is 72.8 Å². The molecule has 0 unspecified atom stereocenters. The first-order valence-corrected chi connectivity index (χ1v) is 11.2. The molecule has 0 N–H and O–H groups in total. The molecule has 0 saturated carbocycles. The largest absolute Gasteiger partial charge is 0.379 e. The van der Waals surface area contributed by atoms with Crippen molar-refractivity contribution >= 4 is 34.1 Å². The maximum atomic E-state index is 13.5. The minimum atomic E-state index is 0.114. The van der Waals surface area contributed by atoms with E-state index in [1.165, 1.54) is 0 Å². The van der Waals surface area contributed by atoms with Crippen LogP contribution in [0.5, 0.6) is 0 Å². The Morgan fingerprint density at radius 2 is 1.71 bits per heavy atom. The molecule has 7 heteroatoms. The van der Waals surface area contributed by atoms with Crippen LogP contribution < -0.4 is 4.90 Å². The van der Waals surface area contributed by atoms with E-state index in [-0.39, 0.29) is 5.91 Å². The van der Waals surface area contributed by atoms with Crippen LogP contribution in [0.15, 0.2) is 54.7 Å². The van der Waals surface area contributed by atoms with Crippen LogP contribution in [0.25, 0.3) is 10.9 Å². The Morgan fingerprint density at radius 1 is 0.935 bits per heavy atom. The van der Waals surface area contributed by atoms with Crippen molar-refractivity contribution in [1.29, 1.82) is 0 Å². The third-order valence-electron chi connectivity index (χ3n) is 6.22. The Kier molecular flexibility index (Phi) is 5.85. The first-order chi connectivity index (χ1) is 15.2. The summed E-state index contributed by atoms with van der Waals surface area (Å²) in [7, 11) is 0. The Labute approximate surface area is 187 Å². The number of fused-ring (bicyclic) bond motifs is 1. The van der Waals surface area contributed by atoms with Gasteiger partial charge in [-0.05, 0) is 24.3 Å². The van der Waals surface area contributed by atoms with Gasteiger partial charge in [0.25, 0.3) is 5.91 Å². The average molecular weight is 439 g/mol. The molecule has 0 bridgehead atoms. The lowest BCUT2D eigenvalue weighted by Crippen LogP contribution is -2.48. The summed E-state index contributed by atoms with van der Waals surface area (Å²) in [6.07, 6.45) is 2.03. The topological polar surface area (TPSA) is 41.0 Å². The molecule has 0 radical (unpaired) electrons. The van der Waals surface area contributed by atoms with Crippen molar-refractivity contribution in [2.45, 2.75) is 6.67 Å². The molecule has 162 valence electrons. The van der Waals surface area contributed by atoms with E-state index in [0.717, 1.165) is 73.2 Å². The zero-order chi connectivity index (χ0) is 21.2. The summed E-state index contributed by atoms with van der Waals surface area (Å²) in [6, 6.07) is 16.1. The second-order valence-electron chi connectivity index (χ2n) is 8.16. The van der Waals surface area contributed by atoms with Crippen molar-refractivity contribution in [3.8, 4) is 0 Å². The van der Waals surface area contributed by atoms with Crippen molar-refractivity contribution in [3.05, 3.63) is 65.3 Å². The number of para-hydroxylation sites is 1. The Morgan fingerprint density at radius 3 is 2.48 bits per heavy atom. The molecule has 2 aliphatic heterocycles. The molecule has 3 heterocycles. The number of rotatable bonds is 4. The summed E-state index contributed by atoms with van der Waals surface area (Å²) < 4.78 is 7.68. The fourth-order valence-electron chi connectivity index (χ4n) is 4.50. The van der Waals surface area contributed by atoms with E-state index < -0.39 is 0 Å². The Hall–Kier alpha value is -2.54. The van der Waals surface area contributed by atoms with Gasteiger partial charge in [0.2, 0.25) is 0 Å². The van der Waals surface area contributed by atoms with Crippen molar-refractivity contribution in [2.75, 3.05) is 57.4 Å². The number of aromatic nitrogens is 1. The number of anilines is 1. The number of piperazine rings is 1. The van der Waals surface area contributed by atoms with Gasteiger partial charge in [0.05, 0.1) is 25.4 Å². The van der Waals surface area contributed by atoms with Gasteiger partial charge in [0.15, 0.2) is 0 Å². The number of nitrogens with zero attached hydrogens (tertiary/aromatic N) is 4. The molecule has 6 nitrogen and oxygen atoms in total. The second-order valence-corrected chi connectivity index (χ2v) is 8.60. The highest BCUT2D eigenvalue weighted by molar-refractivity contribution is 6.30. The normalized spacial score (nSPS) is 18.0. The summed E-state index contributed by atoms with van der Waals surface area (Å²) in [5, 5.41) is 1.77. The SMILES string of the molecule is O=C(c1cn(CN2CCOCC2)c2ccccc12)N1CCN(c2cccc(Cl)c2)CC1. The minimum Gasteiger partial charge on any atom is -0.379 e. The fraction of sp³-hybridized carbons (Fsp3) is 0.375. The number of hydrogen-bond donors (Lipinski definition) is 0. The highest BCUT2D eigenvalue weighted by Crippen LogP contribution is 2.25. The lowest BCUT2D eigenvalue weighted by atomic mass is 10.1. The molecular weight excluding hydrogens is 412 g/mol. The molecule has 1 aromatic heterocycles. The van der Waals surface area contributed by atoms with Gasteiger partial charge in [-0.3, -0.25) is 9.69 Å². The monoisotopic (exact) mass is 438 g/mol. The summed E-state index contributed by atoms with van der Waals surface area (Å²) in [6.45, 7) is 7.16. The first-order valence-electron chi connectivity index (χ1n) is 10.9. The number of amides is 1. The van der Waals surface area contributed by atoms with Gasteiger partial charge in [0, 0.05) is 67.1 Å². The van der Waals surface area contributed by atoms with E-state index in [9.17, 15) is 4.79 Å². The molecule has 2 aromatic carbocycles. The lowest BCUT2D eigenvalue weighted by molar-refractivity contribution is 0.0241. The number of ether oxygens (including phenoxy) is 1. The van der Waals surface area contributed by atoms with Crippen molar-refractivity contribution in [1.82, 2.24) is 14.4 Å². The maximum Gasteiger partial charge on any atom is 0.256 e. The van der Waals surface area contributed by atoms with Crippen LogP contribution in [-0.2, 0) is 11.4 Å². The van der Waals surface area contributed by atoms with Crippen LogP contribution in [0.4, 0.5) is 5.69 Å².